The molecule has 4 N–H and O–H groups in total. The monoisotopic (exact) mass is 256 g/mol. The van der Waals surface area contributed by atoms with Gasteiger partial charge in [-0.05, 0) is 56.9 Å². The Labute approximate surface area is 110 Å². The second-order valence-corrected chi connectivity index (χ2v) is 5.67. The minimum atomic E-state index is 0.197. The van der Waals surface area contributed by atoms with Gasteiger partial charge in [-0.2, -0.15) is 0 Å². The molecule has 0 aromatic heterocycles. The standard InChI is InChI=1S/C14H28N2O2/c1-11(10-17)3-2-8-16-14(18)13-6-4-12(9-15)5-7-13/h11-13,17H,2-10,15H2,1H3,(H,16,18). The van der Waals surface area contributed by atoms with Gasteiger partial charge in [-0.3, -0.25) is 4.79 Å². The van der Waals surface area contributed by atoms with E-state index in [1.807, 2.05) is 6.92 Å². The van der Waals surface area contributed by atoms with Crippen LogP contribution in [0.4, 0.5) is 0 Å². The first kappa shape index (κ1) is 15.4. The van der Waals surface area contributed by atoms with E-state index in [1.165, 1.54) is 0 Å². The Bertz CT molecular complexity index is 238. The summed E-state index contributed by atoms with van der Waals surface area (Å²) < 4.78 is 0. The second kappa shape index (κ2) is 8.48. The molecule has 0 aliphatic heterocycles. The summed E-state index contributed by atoms with van der Waals surface area (Å²) in [5.74, 6) is 1.37. The maximum Gasteiger partial charge on any atom is 0.223 e. The zero-order valence-electron chi connectivity index (χ0n) is 11.5. The number of aliphatic hydroxyl groups is 1. The van der Waals surface area contributed by atoms with E-state index in [-0.39, 0.29) is 18.4 Å². The van der Waals surface area contributed by atoms with Crippen LogP contribution < -0.4 is 11.1 Å². The van der Waals surface area contributed by atoms with Crippen LogP contribution in [0.1, 0.15) is 45.4 Å². The lowest BCUT2D eigenvalue weighted by atomic mass is 9.81. The molecule has 1 fully saturated rings. The number of hydrogen-bond donors (Lipinski definition) is 3. The predicted molar refractivity (Wildman–Crippen MR) is 73.0 cm³/mol. The molecular formula is C14H28N2O2. The maximum atomic E-state index is 11.9. The molecule has 1 aliphatic carbocycles. The smallest absolute Gasteiger partial charge is 0.223 e. The molecule has 1 atom stereocenters. The van der Waals surface area contributed by atoms with Gasteiger partial charge in [0.2, 0.25) is 5.91 Å². The molecule has 1 rings (SSSR count). The van der Waals surface area contributed by atoms with Crippen LogP contribution in [0.15, 0.2) is 0 Å². The molecule has 0 bridgehead atoms. The molecule has 18 heavy (non-hydrogen) atoms. The fourth-order valence-electron chi connectivity index (χ4n) is 2.56. The fourth-order valence-corrected chi connectivity index (χ4v) is 2.56. The van der Waals surface area contributed by atoms with Crippen LogP contribution in [-0.4, -0.2) is 30.7 Å². The number of nitrogens with one attached hydrogen (secondary N) is 1. The molecular weight excluding hydrogens is 228 g/mol. The van der Waals surface area contributed by atoms with Crippen molar-refractivity contribution < 1.29 is 9.90 Å². The molecule has 0 aromatic rings. The number of aliphatic hydroxyl groups excluding tert-OH is 1. The lowest BCUT2D eigenvalue weighted by Gasteiger charge is -2.26. The number of rotatable bonds is 7. The van der Waals surface area contributed by atoms with E-state index in [0.29, 0.717) is 11.8 Å². The van der Waals surface area contributed by atoms with Gasteiger partial charge in [0.05, 0.1) is 0 Å². The zero-order chi connectivity index (χ0) is 13.4. The van der Waals surface area contributed by atoms with Gasteiger partial charge < -0.3 is 16.2 Å². The van der Waals surface area contributed by atoms with Gasteiger partial charge in [-0.15, -0.1) is 0 Å². The highest BCUT2D eigenvalue weighted by atomic mass is 16.3. The van der Waals surface area contributed by atoms with Crippen molar-refractivity contribution in [1.29, 1.82) is 0 Å². The average molecular weight is 256 g/mol. The van der Waals surface area contributed by atoms with E-state index >= 15 is 0 Å². The fraction of sp³-hybridized carbons (Fsp3) is 0.929. The summed E-state index contributed by atoms with van der Waals surface area (Å²) in [7, 11) is 0. The summed E-state index contributed by atoms with van der Waals surface area (Å²) in [6.07, 6.45) is 6.08. The highest BCUT2D eigenvalue weighted by Crippen LogP contribution is 2.28. The van der Waals surface area contributed by atoms with Crippen LogP contribution in [-0.2, 0) is 4.79 Å². The number of nitrogens with two attached hydrogens (primary N) is 1. The van der Waals surface area contributed by atoms with Crippen molar-refractivity contribution in [1.82, 2.24) is 5.32 Å². The summed E-state index contributed by atoms with van der Waals surface area (Å²) >= 11 is 0. The van der Waals surface area contributed by atoms with Crippen molar-refractivity contribution in [3.05, 3.63) is 0 Å². The topological polar surface area (TPSA) is 75.3 Å². The van der Waals surface area contributed by atoms with Crippen LogP contribution >= 0.6 is 0 Å². The SMILES string of the molecule is CC(CO)CCCNC(=O)C1CCC(CN)CC1. The number of carbonyl (C=O) groups excluding carboxylic acids is 1. The molecule has 106 valence electrons. The molecule has 0 radical (unpaired) electrons. The highest BCUT2D eigenvalue weighted by molar-refractivity contribution is 5.78. The van der Waals surface area contributed by atoms with Gasteiger partial charge in [0.1, 0.15) is 0 Å². The van der Waals surface area contributed by atoms with Gasteiger partial charge in [-0.25, -0.2) is 0 Å². The van der Waals surface area contributed by atoms with Crippen LogP contribution in [0.2, 0.25) is 0 Å². The summed E-state index contributed by atoms with van der Waals surface area (Å²) in [6.45, 7) is 3.75. The van der Waals surface area contributed by atoms with E-state index in [9.17, 15) is 4.79 Å². The Morgan fingerprint density at radius 1 is 1.39 bits per heavy atom. The van der Waals surface area contributed by atoms with Crippen molar-refractivity contribution in [3.8, 4) is 0 Å². The van der Waals surface area contributed by atoms with Gasteiger partial charge >= 0.3 is 0 Å². The first-order chi connectivity index (χ1) is 8.67. The molecule has 1 amide bonds. The normalized spacial score (nSPS) is 25.7. The maximum absolute atomic E-state index is 11.9. The third-order valence-corrected chi connectivity index (χ3v) is 4.04. The molecule has 0 spiro atoms. The van der Waals surface area contributed by atoms with Crippen molar-refractivity contribution in [2.45, 2.75) is 45.4 Å². The largest absolute Gasteiger partial charge is 0.396 e. The van der Waals surface area contributed by atoms with Crippen LogP contribution in [0, 0.1) is 17.8 Å². The molecule has 1 unspecified atom stereocenters. The summed E-state index contributed by atoms with van der Waals surface area (Å²) in [6, 6.07) is 0. The quantitative estimate of drug-likeness (QED) is 0.601. The number of hydrogen-bond acceptors (Lipinski definition) is 3. The van der Waals surface area contributed by atoms with Gasteiger partial charge in [0.15, 0.2) is 0 Å². The Morgan fingerprint density at radius 2 is 2.06 bits per heavy atom. The molecule has 4 heteroatoms. The van der Waals surface area contributed by atoms with Crippen molar-refractivity contribution in [2.24, 2.45) is 23.5 Å². The third-order valence-electron chi connectivity index (χ3n) is 4.04. The van der Waals surface area contributed by atoms with Crippen molar-refractivity contribution in [2.75, 3.05) is 19.7 Å². The van der Waals surface area contributed by atoms with E-state index in [0.717, 1.165) is 51.6 Å². The second-order valence-electron chi connectivity index (χ2n) is 5.67. The Kier molecular flexibility index (Phi) is 7.28. The average Bonchev–Trinajstić information content (AvgIpc) is 2.43. The molecule has 4 nitrogen and oxygen atoms in total. The van der Waals surface area contributed by atoms with Crippen LogP contribution in [0.25, 0.3) is 0 Å². The third kappa shape index (κ3) is 5.36. The summed E-state index contributed by atoms with van der Waals surface area (Å²) in [4.78, 5) is 11.9. The van der Waals surface area contributed by atoms with Gasteiger partial charge in [0, 0.05) is 19.1 Å². The van der Waals surface area contributed by atoms with Crippen LogP contribution in [0.3, 0.4) is 0 Å². The van der Waals surface area contributed by atoms with Crippen molar-refractivity contribution in [3.63, 3.8) is 0 Å². The summed E-state index contributed by atoms with van der Waals surface area (Å²) in [5.41, 5.74) is 5.64. The van der Waals surface area contributed by atoms with E-state index in [1.54, 1.807) is 0 Å². The Hall–Kier alpha value is -0.610. The molecule has 0 saturated heterocycles. The number of carbonyl (C=O) groups is 1. The van der Waals surface area contributed by atoms with E-state index < -0.39 is 0 Å². The van der Waals surface area contributed by atoms with Crippen molar-refractivity contribution >= 4 is 5.91 Å². The number of amides is 1. The Balaban J connectivity index is 2.10. The summed E-state index contributed by atoms with van der Waals surface area (Å²) in [5, 5.41) is 11.9. The molecule has 0 aromatic carbocycles. The van der Waals surface area contributed by atoms with E-state index in [4.69, 9.17) is 10.8 Å². The molecule has 0 heterocycles. The first-order valence-corrected chi connectivity index (χ1v) is 7.26. The van der Waals surface area contributed by atoms with Gasteiger partial charge in [-0.1, -0.05) is 6.92 Å². The first-order valence-electron chi connectivity index (χ1n) is 7.26. The van der Waals surface area contributed by atoms with Crippen LogP contribution in [0.5, 0.6) is 0 Å². The highest BCUT2D eigenvalue weighted by Gasteiger charge is 2.25. The molecule has 1 aliphatic rings. The van der Waals surface area contributed by atoms with Gasteiger partial charge in [0.25, 0.3) is 0 Å². The minimum Gasteiger partial charge on any atom is -0.396 e. The Morgan fingerprint density at radius 3 is 2.61 bits per heavy atom. The molecule has 1 saturated carbocycles. The predicted octanol–water partition coefficient (Wildman–Crippen LogP) is 1.28. The lowest BCUT2D eigenvalue weighted by molar-refractivity contribution is -0.126. The lowest BCUT2D eigenvalue weighted by Crippen LogP contribution is -2.34. The van der Waals surface area contributed by atoms with E-state index in [2.05, 4.69) is 5.32 Å². The zero-order valence-corrected chi connectivity index (χ0v) is 11.5. The minimum absolute atomic E-state index is 0.197.